The van der Waals surface area contributed by atoms with E-state index in [1.165, 1.54) is 11.3 Å². The predicted molar refractivity (Wildman–Crippen MR) is 133 cm³/mol. The van der Waals surface area contributed by atoms with Crippen LogP contribution in [0.25, 0.3) is 0 Å². The third-order valence-electron chi connectivity index (χ3n) is 6.26. The summed E-state index contributed by atoms with van der Waals surface area (Å²) in [5.41, 5.74) is 7.43. The van der Waals surface area contributed by atoms with Gasteiger partial charge in [-0.3, -0.25) is 4.79 Å². The molecule has 7 heteroatoms. The number of fused-ring (bicyclic) bond motifs is 1. The zero-order chi connectivity index (χ0) is 22.8. The average Bonchev–Trinajstić information content (AvgIpc) is 3.27. The maximum absolute atomic E-state index is 12.1. The number of rotatable bonds is 5. The SMILES string of the molecule is CC(=O)N1CCc2cccc(Nc3ccnc(Nc4ccc(N5CCOCC5)cc4C)c3)c21. The summed E-state index contributed by atoms with van der Waals surface area (Å²) >= 11 is 0. The monoisotopic (exact) mass is 443 g/mol. The van der Waals surface area contributed by atoms with Crippen LogP contribution in [-0.4, -0.2) is 43.7 Å². The summed E-state index contributed by atoms with van der Waals surface area (Å²) in [5, 5.41) is 6.94. The summed E-state index contributed by atoms with van der Waals surface area (Å²) in [6.45, 7) is 7.85. The molecule has 2 aliphatic heterocycles. The van der Waals surface area contributed by atoms with E-state index in [0.29, 0.717) is 0 Å². The van der Waals surface area contributed by atoms with Gasteiger partial charge in [0.25, 0.3) is 0 Å². The molecular weight excluding hydrogens is 414 g/mol. The lowest BCUT2D eigenvalue weighted by atomic mass is 10.1. The van der Waals surface area contributed by atoms with Crippen molar-refractivity contribution in [1.29, 1.82) is 0 Å². The molecule has 1 fully saturated rings. The highest BCUT2D eigenvalue weighted by Crippen LogP contribution is 2.37. The van der Waals surface area contributed by atoms with Crippen molar-refractivity contribution < 1.29 is 9.53 Å². The van der Waals surface area contributed by atoms with Crippen molar-refractivity contribution in [2.75, 3.05) is 53.3 Å². The molecule has 2 N–H and O–H groups in total. The van der Waals surface area contributed by atoms with Crippen molar-refractivity contribution in [1.82, 2.24) is 4.98 Å². The number of carbonyl (C=O) groups is 1. The molecule has 1 saturated heterocycles. The molecule has 1 amide bonds. The first-order valence-electron chi connectivity index (χ1n) is 11.4. The van der Waals surface area contributed by atoms with Crippen LogP contribution in [0.15, 0.2) is 54.7 Å². The van der Waals surface area contributed by atoms with Crippen molar-refractivity contribution in [3.05, 3.63) is 65.9 Å². The van der Waals surface area contributed by atoms with Crippen LogP contribution in [0, 0.1) is 6.92 Å². The molecule has 170 valence electrons. The summed E-state index contributed by atoms with van der Waals surface area (Å²) in [4.78, 5) is 20.8. The number of ether oxygens (including phenoxy) is 1. The number of para-hydroxylation sites is 1. The topological polar surface area (TPSA) is 69.7 Å². The number of carbonyl (C=O) groups excluding carboxylic acids is 1. The van der Waals surface area contributed by atoms with Gasteiger partial charge in [-0.2, -0.15) is 0 Å². The fourth-order valence-electron chi connectivity index (χ4n) is 4.55. The van der Waals surface area contributed by atoms with Crippen molar-refractivity contribution in [2.45, 2.75) is 20.3 Å². The molecule has 33 heavy (non-hydrogen) atoms. The van der Waals surface area contributed by atoms with Crippen LogP contribution in [0.4, 0.5) is 34.3 Å². The number of benzene rings is 2. The molecule has 0 unspecified atom stereocenters. The normalized spacial score (nSPS) is 15.3. The fraction of sp³-hybridized carbons (Fsp3) is 0.308. The molecule has 5 rings (SSSR count). The molecule has 3 heterocycles. The lowest BCUT2D eigenvalue weighted by molar-refractivity contribution is -0.116. The van der Waals surface area contributed by atoms with Crippen LogP contribution < -0.4 is 20.4 Å². The number of morpholine rings is 1. The molecule has 7 nitrogen and oxygen atoms in total. The molecule has 0 radical (unpaired) electrons. The van der Waals surface area contributed by atoms with Gasteiger partial charge in [-0.05, 0) is 54.8 Å². The number of aromatic nitrogens is 1. The van der Waals surface area contributed by atoms with Gasteiger partial charge in [0, 0.05) is 55.9 Å². The van der Waals surface area contributed by atoms with Gasteiger partial charge in [-0.15, -0.1) is 0 Å². The maximum atomic E-state index is 12.1. The minimum Gasteiger partial charge on any atom is -0.378 e. The Bertz CT molecular complexity index is 1170. The van der Waals surface area contributed by atoms with Crippen molar-refractivity contribution in [2.24, 2.45) is 0 Å². The number of hydrogen-bond donors (Lipinski definition) is 2. The first kappa shape index (κ1) is 21.3. The van der Waals surface area contributed by atoms with Crippen LogP contribution in [0.2, 0.25) is 0 Å². The van der Waals surface area contributed by atoms with E-state index in [1.807, 2.05) is 29.2 Å². The number of nitrogens with one attached hydrogen (secondary N) is 2. The van der Waals surface area contributed by atoms with E-state index in [1.54, 1.807) is 13.1 Å². The van der Waals surface area contributed by atoms with Crippen molar-refractivity contribution in [3.63, 3.8) is 0 Å². The Morgan fingerprint density at radius 1 is 1.00 bits per heavy atom. The van der Waals surface area contributed by atoms with Crippen LogP contribution >= 0.6 is 0 Å². The number of aryl methyl sites for hydroxylation is 1. The largest absolute Gasteiger partial charge is 0.378 e. The smallest absolute Gasteiger partial charge is 0.223 e. The number of hydrogen-bond acceptors (Lipinski definition) is 6. The molecule has 2 aliphatic rings. The second kappa shape index (κ2) is 9.11. The average molecular weight is 444 g/mol. The summed E-state index contributed by atoms with van der Waals surface area (Å²) in [6.07, 6.45) is 2.67. The van der Waals surface area contributed by atoms with Gasteiger partial charge < -0.3 is 25.2 Å². The Balaban J connectivity index is 1.34. The van der Waals surface area contributed by atoms with Gasteiger partial charge in [-0.25, -0.2) is 4.98 Å². The highest BCUT2D eigenvalue weighted by molar-refractivity contribution is 5.98. The Morgan fingerprint density at radius 3 is 2.64 bits per heavy atom. The van der Waals surface area contributed by atoms with E-state index in [4.69, 9.17) is 4.74 Å². The fourth-order valence-corrected chi connectivity index (χ4v) is 4.55. The van der Waals surface area contributed by atoms with Gasteiger partial charge >= 0.3 is 0 Å². The van der Waals surface area contributed by atoms with E-state index < -0.39 is 0 Å². The Morgan fingerprint density at radius 2 is 1.85 bits per heavy atom. The van der Waals surface area contributed by atoms with Crippen LogP contribution in [0.1, 0.15) is 18.1 Å². The minimum absolute atomic E-state index is 0.0658. The summed E-state index contributed by atoms with van der Waals surface area (Å²) in [7, 11) is 0. The standard InChI is InChI=1S/C26H29N5O2/c1-18-16-22(30-12-14-33-15-13-30)6-7-23(18)29-25-17-21(8-10-27-25)28-24-5-3-4-20-9-11-31(19(2)32)26(20)24/h3-8,10,16-17H,9,11-15H2,1-2H3,(H2,27,28,29). The van der Waals surface area contributed by atoms with Crippen LogP contribution in [0.5, 0.6) is 0 Å². The van der Waals surface area contributed by atoms with Crippen molar-refractivity contribution >= 4 is 40.2 Å². The zero-order valence-electron chi connectivity index (χ0n) is 19.1. The zero-order valence-corrected chi connectivity index (χ0v) is 19.1. The second-order valence-corrected chi connectivity index (χ2v) is 8.51. The Hall–Kier alpha value is -3.58. The first-order chi connectivity index (χ1) is 16.1. The molecule has 0 saturated carbocycles. The highest BCUT2D eigenvalue weighted by Gasteiger charge is 2.25. The van der Waals surface area contributed by atoms with E-state index in [2.05, 4.69) is 51.7 Å². The van der Waals surface area contributed by atoms with Crippen molar-refractivity contribution in [3.8, 4) is 0 Å². The molecular formula is C26H29N5O2. The van der Waals surface area contributed by atoms with Gasteiger partial charge in [0.05, 0.1) is 24.6 Å². The summed E-state index contributed by atoms with van der Waals surface area (Å²) < 4.78 is 5.46. The Labute approximate surface area is 194 Å². The van der Waals surface area contributed by atoms with Gasteiger partial charge in [0.15, 0.2) is 0 Å². The number of anilines is 6. The molecule has 0 spiro atoms. The van der Waals surface area contributed by atoms with E-state index in [9.17, 15) is 4.79 Å². The highest BCUT2D eigenvalue weighted by atomic mass is 16.5. The summed E-state index contributed by atoms with van der Waals surface area (Å²) in [5.74, 6) is 0.828. The maximum Gasteiger partial charge on any atom is 0.223 e. The second-order valence-electron chi connectivity index (χ2n) is 8.51. The molecule has 1 aromatic heterocycles. The van der Waals surface area contributed by atoms with Crippen LogP contribution in [-0.2, 0) is 16.0 Å². The minimum atomic E-state index is 0.0658. The third-order valence-corrected chi connectivity index (χ3v) is 6.26. The van der Waals surface area contributed by atoms with Crippen LogP contribution in [0.3, 0.4) is 0 Å². The van der Waals surface area contributed by atoms with Gasteiger partial charge in [-0.1, -0.05) is 12.1 Å². The molecule has 0 atom stereocenters. The quantitative estimate of drug-likeness (QED) is 0.600. The molecule has 0 bridgehead atoms. The van der Waals surface area contributed by atoms with E-state index in [-0.39, 0.29) is 5.91 Å². The number of pyridine rings is 1. The van der Waals surface area contributed by atoms with Gasteiger partial charge in [0.1, 0.15) is 5.82 Å². The predicted octanol–water partition coefficient (Wildman–Crippen LogP) is 4.62. The number of nitrogens with zero attached hydrogens (tertiary/aromatic N) is 3. The van der Waals surface area contributed by atoms with E-state index in [0.717, 1.165) is 73.4 Å². The number of amides is 1. The molecule has 2 aromatic carbocycles. The lowest BCUT2D eigenvalue weighted by Gasteiger charge is -2.29. The van der Waals surface area contributed by atoms with Gasteiger partial charge in [0.2, 0.25) is 5.91 Å². The molecule has 3 aromatic rings. The lowest BCUT2D eigenvalue weighted by Crippen LogP contribution is -2.36. The van der Waals surface area contributed by atoms with E-state index >= 15 is 0 Å². The Kier molecular flexibility index (Phi) is 5.88. The third kappa shape index (κ3) is 4.50. The summed E-state index contributed by atoms with van der Waals surface area (Å²) in [6, 6.07) is 16.5. The first-order valence-corrected chi connectivity index (χ1v) is 11.4. The molecule has 0 aliphatic carbocycles.